The van der Waals surface area contributed by atoms with E-state index in [1.165, 1.54) is 4.70 Å². The number of fused-ring (bicyclic) bond motifs is 5. The van der Waals surface area contributed by atoms with Gasteiger partial charge in [0.05, 0.1) is 33.0 Å². The fraction of sp³-hybridized carbons (Fsp3) is 0. The van der Waals surface area contributed by atoms with Crippen molar-refractivity contribution in [2.75, 3.05) is 0 Å². The van der Waals surface area contributed by atoms with Gasteiger partial charge in [-0.05, 0) is 47.9 Å². The number of imidazole rings is 2. The molecule has 2 aliphatic rings. The fourth-order valence-electron chi connectivity index (χ4n) is 5.82. The first-order chi connectivity index (χ1) is 22.3. The van der Waals surface area contributed by atoms with Gasteiger partial charge in [-0.2, -0.15) is 5.10 Å². The van der Waals surface area contributed by atoms with Crippen molar-refractivity contribution in [1.29, 1.82) is 0 Å². The number of thiazole rings is 1. The molecule has 4 aromatic heterocycles. The molecule has 10 rings (SSSR count). The van der Waals surface area contributed by atoms with E-state index in [4.69, 9.17) is 30.0 Å². The lowest BCUT2D eigenvalue weighted by Gasteiger charge is -2.18. The van der Waals surface area contributed by atoms with E-state index in [0.29, 0.717) is 29.0 Å². The first-order valence-corrected chi connectivity index (χ1v) is 15.9. The lowest BCUT2D eigenvalue weighted by atomic mass is 10.2. The fourth-order valence-corrected chi connectivity index (χ4v) is 7.83. The van der Waals surface area contributed by atoms with Gasteiger partial charge in [-0.1, -0.05) is 60.7 Å². The molecule has 0 atom stereocenters. The molecular formula is C34H19N9S2. The van der Waals surface area contributed by atoms with E-state index in [9.17, 15) is 0 Å². The SMILES string of the molecule is c1ccc2sc(-n3c(-c4nc5ccccc5s4)nc4nc(-c5nc6ccccc6[nH]5)nc-4c3-n3ncc4ccccc43)cc2c1. The van der Waals surface area contributed by atoms with Gasteiger partial charge in [0.15, 0.2) is 39.8 Å². The Morgan fingerprint density at radius 3 is 2.27 bits per heavy atom. The molecule has 0 saturated carbocycles. The van der Waals surface area contributed by atoms with E-state index in [-0.39, 0.29) is 0 Å². The van der Waals surface area contributed by atoms with Gasteiger partial charge in [0.25, 0.3) is 0 Å². The Hall–Kier alpha value is -5.78. The van der Waals surface area contributed by atoms with Gasteiger partial charge < -0.3 is 4.98 Å². The Labute approximate surface area is 262 Å². The van der Waals surface area contributed by atoms with Crippen molar-refractivity contribution in [3.63, 3.8) is 0 Å². The van der Waals surface area contributed by atoms with E-state index < -0.39 is 0 Å². The number of hydrogen-bond acceptors (Lipinski definition) is 8. The average molecular weight is 618 g/mol. The summed E-state index contributed by atoms with van der Waals surface area (Å²) in [5.74, 6) is 2.94. The molecule has 0 spiro atoms. The molecule has 0 unspecified atom stereocenters. The highest BCUT2D eigenvalue weighted by Crippen LogP contribution is 2.41. The van der Waals surface area contributed by atoms with Crippen molar-refractivity contribution in [1.82, 2.24) is 44.3 Å². The summed E-state index contributed by atoms with van der Waals surface area (Å²) >= 11 is 3.29. The normalized spacial score (nSPS) is 12.0. The number of aromatic amines is 1. The summed E-state index contributed by atoms with van der Waals surface area (Å²) in [6, 6.07) is 34.8. The summed E-state index contributed by atoms with van der Waals surface area (Å²) in [5.41, 5.74) is 4.25. The van der Waals surface area contributed by atoms with Gasteiger partial charge in [0.1, 0.15) is 5.00 Å². The van der Waals surface area contributed by atoms with Crippen LogP contribution < -0.4 is 0 Å². The first-order valence-electron chi connectivity index (χ1n) is 14.3. The number of thiophene rings is 1. The molecule has 0 bridgehead atoms. The van der Waals surface area contributed by atoms with Crippen molar-refractivity contribution < 1.29 is 0 Å². The molecule has 8 aromatic rings. The van der Waals surface area contributed by atoms with Crippen LogP contribution in [-0.2, 0) is 0 Å². The molecule has 0 radical (unpaired) electrons. The third kappa shape index (κ3) is 3.78. The van der Waals surface area contributed by atoms with E-state index in [1.807, 2.05) is 65.5 Å². The van der Waals surface area contributed by atoms with Crippen LogP contribution in [-0.4, -0.2) is 44.3 Å². The van der Waals surface area contributed by atoms with Crippen LogP contribution in [0.4, 0.5) is 0 Å². The van der Waals surface area contributed by atoms with Crippen molar-refractivity contribution in [2.45, 2.75) is 0 Å². The zero-order chi connectivity index (χ0) is 29.5. The molecule has 0 saturated heterocycles. The van der Waals surface area contributed by atoms with Crippen LogP contribution in [0, 0.1) is 0 Å². The minimum absolute atomic E-state index is 0.468. The summed E-state index contributed by atoms with van der Waals surface area (Å²) in [7, 11) is 0. The number of nitrogens with one attached hydrogen (secondary N) is 1. The van der Waals surface area contributed by atoms with Crippen LogP contribution >= 0.6 is 22.7 Å². The van der Waals surface area contributed by atoms with E-state index >= 15 is 0 Å². The Morgan fingerprint density at radius 2 is 1.40 bits per heavy atom. The summed E-state index contributed by atoms with van der Waals surface area (Å²) < 4.78 is 6.34. The summed E-state index contributed by atoms with van der Waals surface area (Å²) in [4.78, 5) is 28.5. The predicted molar refractivity (Wildman–Crippen MR) is 179 cm³/mol. The highest BCUT2D eigenvalue weighted by Gasteiger charge is 2.30. The minimum atomic E-state index is 0.468. The standard InChI is InChI=1S/C34H19N9S2/c1-6-14-24-20(10-1)18-35-43(24)34-28-29(40-31(39-28)30-36-21-11-3-4-12-22(21)37-30)41-32(33-38-23-13-5-8-16-26(23)45-33)42(34)27-17-19-9-2-7-15-25(19)44-27/h1-18H,(H,36,37). The summed E-state index contributed by atoms with van der Waals surface area (Å²) in [6.45, 7) is 0. The van der Waals surface area contributed by atoms with Gasteiger partial charge in [0, 0.05) is 10.1 Å². The highest BCUT2D eigenvalue weighted by molar-refractivity contribution is 7.22. The van der Waals surface area contributed by atoms with E-state index in [2.05, 4.69) is 58.1 Å². The summed E-state index contributed by atoms with van der Waals surface area (Å²) in [6.07, 6.45) is 1.88. The van der Waals surface area contributed by atoms with Crippen molar-refractivity contribution in [3.8, 4) is 44.8 Å². The van der Waals surface area contributed by atoms with Crippen molar-refractivity contribution in [2.24, 2.45) is 0 Å². The summed E-state index contributed by atoms with van der Waals surface area (Å²) in [5, 5.41) is 8.83. The third-order valence-corrected chi connectivity index (χ3v) is 10.0. The number of nitrogens with zero attached hydrogens (tertiary/aromatic N) is 8. The van der Waals surface area contributed by atoms with Gasteiger partial charge in [-0.3, -0.25) is 4.57 Å². The average Bonchev–Trinajstić information content (AvgIpc) is 3.90. The minimum Gasteiger partial charge on any atom is -0.335 e. The molecule has 2 aliphatic heterocycles. The highest BCUT2D eigenvalue weighted by atomic mass is 32.1. The molecule has 6 heterocycles. The van der Waals surface area contributed by atoms with Gasteiger partial charge >= 0.3 is 0 Å². The predicted octanol–water partition coefficient (Wildman–Crippen LogP) is 8.14. The smallest absolute Gasteiger partial charge is 0.198 e. The molecule has 0 fully saturated rings. The number of H-pyrrole nitrogens is 1. The third-order valence-electron chi connectivity index (χ3n) is 7.89. The number of aromatic nitrogens is 9. The Bertz CT molecular complexity index is 2590. The largest absolute Gasteiger partial charge is 0.335 e. The maximum Gasteiger partial charge on any atom is 0.198 e. The monoisotopic (exact) mass is 617 g/mol. The second-order valence-corrected chi connectivity index (χ2v) is 12.7. The van der Waals surface area contributed by atoms with Crippen LogP contribution in [0.2, 0.25) is 0 Å². The van der Waals surface area contributed by atoms with E-state index in [0.717, 1.165) is 53.4 Å². The molecule has 212 valence electrons. The zero-order valence-corrected chi connectivity index (χ0v) is 24.9. The molecule has 1 N–H and O–H groups in total. The number of benzene rings is 4. The van der Waals surface area contributed by atoms with Crippen LogP contribution in [0.25, 0.3) is 87.1 Å². The van der Waals surface area contributed by atoms with Crippen LogP contribution in [0.3, 0.4) is 0 Å². The maximum atomic E-state index is 5.20. The first kappa shape index (κ1) is 24.6. The van der Waals surface area contributed by atoms with Crippen LogP contribution in [0.5, 0.6) is 0 Å². The second kappa shape index (κ2) is 9.36. The Morgan fingerprint density at radius 1 is 0.622 bits per heavy atom. The lowest BCUT2D eigenvalue weighted by Crippen LogP contribution is -2.15. The van der Waals surface area contributed by atoms with Crippen molar-refractivity contribution >= 4 is 64.9 Å². The van der Waals surface area contributed by atoms with Gasteiger partial charge in [-0.25, -0.2) is 29.6 Å². The molecule has 0 aliphatic carbocycles. The number of para-hydroxylation sites is 4. The second-order valence-electron chi connectivity index (χ2n) is 10.6. The molecular weight excluding hydrogens is 599 g/mol. The Balaban J connectivity index is 1.35. The van der Waals surface area contributed by atoms with Crippen LogP contribution in [0.1, 0.15) is 0 Å². The number of rotatable bonds is 4. The molecule has 9 nitrogen and oxygen atoms in total. The van der Waals surface area contributed by atoms with Gasteiger partial charge in [-0.15, -0.1) is 22.7 Å². The number of hydrogen-bond donors (Lipinski definition) is 1. The zero-order valence-electron chi connectivity index (χ0n) is 23.3. The molecule has 4 aromatic carbocycles. The topological polar surface area (TPSA) is 103 Å². The quantitative estimate of drug-likeness (QED) is 0.214. The maximum absolute atomic E-state index is 5.20. The van der Waals surface area contributed by atoms with Crippen molar-refractivity contribution in [3.05, 3.63) is 109 Å². The molecule has 0 amide bonds. The van der Waals surface area contributed by atoms with Gasteiger partial charge in [0.2, 0.25) is 0 Å². The van der Waals surface area contributed by atoms with Crippen LogP contribution in [0.15, 0.2) is 109 Å². The molecule has 45 heavy (non-hydrogen) atoms. The lowest BCUT2D eigenvalue weighted by molar-refractivity contribution is 0.819. The molecule has 11 heteroatoms. The Kier molecular flexibility index (Phi) is 5.12. The van der Waals surface area contributed by atoms with E-state index in [1.54, 1.807) is 22.7 Å².